The summed E-state index contributed by atoms with van der Waals surface area (Å²) in [7, 11) is 1.74. The van der Waals surface area contributed by atoms with Gasteiger partial charge in [-0.25, -0.2) is 4.98 Å². The van der Waals surface area contributed by atoms with Gasteiger partial charge in [0.25, 0.3) is 17.7 Å². The molecule has 3 amide bonds. The number of rotatable bonds is 13. The van der Waals surface area contributed by atoms with E-state index < -0.39 is 0 Å². The molecule has 1 aliphatic heterocycles. The zero-order chi connectivity index (χ0) is 35.7. The monoisotopic (exact) mass is 704 g/mol. The Morgan fingerprint density at radius 2 is 1.61 bits per heavy atom. The van der Waals surface area contributed by atoms with Crippen LogP contribution in [0.4, 0.5) is 10.8 Å². The minimum absolute atomic E-state index is 0.239. The van der Waals surface area contributed by atoms with E-state index in [1.54, 1.807) is 36.0 Å². The van der Waals surface area contributed by atoms with E-state index in [2.05, 4.69) is 76.1 Å². The van der Waals surface area contributed by atoms with Crippen LogP contribution in [0.2, 0.25) is 0 Å². The maximum Gasteiger partial charge on any atom is 0.274 e. The fraction of sp³-hybridized carbons (Fsp3) is 0.300. The summed E-state index contributed by atoms with van der Waals surface area (Å²) in [6.07, 6.45) is 7.36. The summed E-state index contributed by atoms with van der Waals surface area (Å²) in [6, 6.07) is 23.6. The molecule has 11 heteroatoms. The fourth-order valence-corrected chi connectivity index (χ4v) is 6.85. The number of benzene rings is 3. The predicted octanol–water partition coefficient (Wildman–Crippen LogP) is 6.96. The van der Waals surface area contributed by atoms with Gasteiger partial charge in [0.05, 0.1) is 18.9 Å². The molecule has 0 aliphatic carbocycles. The van der Waals surface area contributed by atoms with Gasteiger partial charge in [0.2, 0.25) is 0 Å². The van der Waals surface area contributed by atoms with Crippen LogP contribution in [0, 0.1) is 5.92 Å². The molecule has 3 aromatic carbocycles. The number of hydrogen-bond acceptors (Lipinski definition) is 7. The van der Waals surface area contributed by atoms with Crippen molar-refractivity contribution in [3.8, 4) is 0 Å². The van der Waals surface area contributed by atoms with Crippen molar-refractivity contribution in [3.63, 3.8) is 0 Å². The third-order valence-corrected chi connectivity index (χ3v) is 9.84. The number of nitrogens with one attached hydrogen (secondary N) is 3. The number of ether oxygens (including phenoxy) is 1. The number of fused-ring (bicyclic) bond motifs is 1. The summed E-state index contributed by atoms with van der Waals surface area (Å²) in [6.45, 7) is 8.64. The molecule has 51 heavy (non-hydrogen) atoms. The molecule has 6 rings (SSSR count). The van der Waals surface area contributed by atoms with Crippen LogP contribution in [0.25, 0.3) is 22.9 Å². The Balaban J connectivity index is 1.06. The van der Waals surface area contributed by atoms with Crippen LogP contribution in [0.1, 0.15) is 67.6 Å². The molecule has 1 saturated heterocycles. The average molecular weight is 705 g/mol. The molecule has 3 N–H and O–H groups in total. The van der Waals surface area contributed by atoms with Gasteiger partial charge >= 0.3 is 0 Å². The van der Waals surface area contributed by atoms with Gasteiger partial charge in [0.1, 0.15) is 11.4 Å². The molecule has 3 heterocycles. The molecule has 0 unspecified atom stereocenters. The highest BCUT2D eigenvalue weighted by Gasteiger charge is 2.22. The first-order valence-electron chi connectivity index (χ1n) is 17.4. The Kier molecular flexibility index (Phi) is 11.7. The SMILES string of the molecule is CC(C)CCc1sc(NC(=O)c2cc(NC(=O)c3ccc(/C=C/c4ccc5ccccc5c4)cc3)cn2C)nc1C(=O)NCCN1CCOCC1. The molecule has 2 aromatic heterocycles. The topological polar surface area (TPSA) is 118 Å². The number of carbonyl (C=O) groups excluding carboxylic acids is 3. The van der Waals surface area contributed by atoms with Crippen molar-refractivity contribution in [2.75, 3.05) is 50.0 Å². The summed E-state index contributed by atoms with van der Waals surface area (Å²) in [5.41, 5.74) is 3.76. The molecule has 0 atom stereocenters. The van der Waals surface area contributed by atoms with Crippen LogP contribution >= 0.6 is 11.3 Å². The largest absolute Gasteiger partial charge is 0.379 e. The van der Waals surface area contributed by atoms with Crippen molar-refractivity contribution in [3.05, 3.63) is 112 Å². The Bertz CT molecular complexity index is 2020. The highest BCUT2D eigenvalue weighted by atomic mass is 32.1. The van der Waals surface area contributed by atoms with E-state index in [1.165, 1.54) is 22.1 Å². The first kappa shape index (κ1) is 35.7. The minimum Gasteiger partial charge on any atom is -0.379 e. The van der Waals surface area contributed by atoms with Crippen molar-refractivity contribution < 1.29 is 19.1 Å². The summed E-state index contributed by atoms with van der Waals surface area (Å²) in [4.78, 5) is 47.3. The smallest absolute Gasteiger partial charge is 0.274 e. The molecule has 264 valence electrons. The van der Waals surface area contributed by atoms with E-state index >= 15 is 0 Å². The van der Waals surface area contributed by atoms with E-state index in [4.69, 9.17) is 4.74 Å². The van der Waals surface area contributed by atoms with Crippen molar-refractivity contribution in [1.29, 1.82) is 0 Å². The number of hydrogen-bond donors (Lipinski definition) is 3. The molecular formula is C40H44N6O4S. The van der Waals surface area contributed by atoms with Crippen LogP contribution in [0.3, 0.4) is 0 Å². The second-order valence-electron chi connectivity index (χ2n) is 13.1. The Morgan fingerprint density at radius 3 is 2.37 bits per heavy atom. The van der Waals surface area contributed by atoms with Gasteiger partial charge < -0.3 is 19.9 Å². The van der Waals surface area contributed by atoms with Gasteiger partial charge in [-0.1, -0.05) is 74.5 Å². The van der Waals surface area contributed by atoms with Gasteiger partial charge in [0.15, 0.2) is 5.13 Å². The normalized spacial score (nSPS) is 13.6. The number of carbonyl (C=O) groups is 3. The maximum absolute atomic E-state index is 13.4. The second-order valence-corrected chi connectivity index (χ2v) is 14.2. The molecule has 10 nitrogen and oxygen atoms in total. The third kappa shape index (κ3) is 9.57. The lowest BCUT2D eigenvalue weighted by Gasteiger charge is -2.26. The number of amides is 3. The van der Waals surface area contributed by atoms with Crippen molar-refractivity contribution >= 4 is 62.8 Å². The zero-order valence-corrected chi connectivity index (χ0v) is 30.1. The predicted molar refractivity (Wildman–Crippen MR) is 206 cm³/mol. The minimum atomic E-state index is -0.385. The summed E-state index contributed by atoms with van der Waals surface area (Å²) in [5, 5.41) is 11.5. The van der Waals surface area contributed by atoms with Gasteiger partial charge in [-0.15, -0.1) is 11.3 Å². The van der Waals surface area contributed by atoms with Crippen molar-refractivity contribution in [2.24, 2.45) is 13.0 Å². The molecule has 0 saturated carbocycles. The highest BCUT2D eigenvalue weighted by Crippen LogP contribution is 2.27. The number of aryl methyl sites for hydroxylation is 2. The first-order valence-corrected chi connectivity index (χ1v) is 18.2. The summed E-state index contributed by atoms with van der Waals surface area (Å²) in [5.74, 6) is -0.451. The van der Waals surface area contributed by atoms with Crippen LogP contribution < -0.4 is 16.0 Å². The lowest BCUT2D eigenvalue weighted by molar-refractivity contribution is 0.0383. The molecular weight excluding hydrogens is 661 g/mol. The summed E-state index contributed by atoms with van der Waals surface area (Å²) >= 11 is 1.32. The van der Waals surface area contributed by atoms with E-state index in [9.17, 15) is 14.4 Å². The quantitative estimate of drug-likeness (QED) is 0.114. The van der Waals surface area contributed by atoms with Crippen molar-refractivity contribution in [2.45, 2.75) is 26.7 Å². The standard InChI is InChI=1S/C40H44N6O4S/c1-27(2)8-17-35-36(39(49)41-18-19-46-20-22-50-23-21-46)43-40(51-35)44-38(48)34-25-33(26-45(34)3)42-37(47)31-15-11-28(12-16-31)9-10-29-13-14-30-6-4-5-7-32(30)24-29/h4-7,9-16,24-27H,8,17-23H2,1-3H3,(H,41,49)(H,42,47)(H,43,44,48)/b10-9+. The zero-order valence-electron chi connectivity index (χ0n) is 29.3. The fourth-order valence-electron chi connectivity index (χ4n) is 5.88. The molecule has 0 spiro atoms. The van der Waals surface area contributed by atoms with E-state index in [0.717, 1.165) is 42.1 Å². The van der Waals surface area contributed by atoms with Gasteiger partial charge in [-0.2, -0.15) is 0 Å². The average Bonchev–Trinajstić information content (AvgIpc) is 3.72. The molecule has 1 fully saturated rings. The molecule has 1 aliphatic rings. The number of thiazole rings is 1. The maximum atomic E-state index is 13.4. The number of aromatic nitrogens is 2. The van der Waals surface area contributed by atoms with E-state index in [-0.39, 0.29) is 17.7 Å². The number of morpholine rings is 1. The Morgan fingerprint density at radius 1 is 0.882 bits per heavy atom. The van der Waals surface area contributed by atoms with E-state index in [1.807, 2.05) is 30.3 Å². The molecule has 0 radical (unpaired) electrons. The third-order valence-electron chi connectivity index (χ3n) is 8.81. The number of nitrogens with zero attached hydrogens (tertiary/aromatic N) is 3. The lowest BCUT2D eigenvalue weighted by atomic mass is 10.1. The number of anilines is 2. The lowest BCUT2D eigenvalue weighted by Crippen LogP contribution is -2.41. The van der Waals surface area contributed by atoms with Crippen LogP contribution in [0.5, 0.6) is 0 Å². The summed E-state index contributed by atoms with van der Waals surface area (Å²) < 4.78 is 7.05. The van der Waals surface area contributed by atoms with Crippen LogP contribution in [-0.2, 0) is 18.2 Å². The Hall–Kier alpha value is -5.10. The van der Waals surface area contributed by atoms with Gasteiger partial charge in [-0.3, -0.25) is 24.6 Å². The second kappa shape index (κ2) is 16.7. The highest BCUT2D eigenvalue weighted by molar-refractivity contribution is 7.16. The Labute approximate surface area is 302 Å². The van der Waals surface area contributed by atoms with Crippen LogP contribution in [0.15, 0.2) is 79.0 Å². The molecule has 5 aromatic rings. The van der Waals surface area contributed by atoms with E-state index in [0.29, 0.717) is 59.9 Å². The van der Waals surface area contributed by atoms with Crippen LogP contribution in [-0.4, -0.2) is 71.6 Å². The first-order chi connectivity index (χ1) is 24.7. The molecule has 0 bridgehead atoms. The van der Waals surface area contributed by atoms with Gasteiger partial charge in [0, 0.05) is 49.9 Å². The van der Waals surface area contributed by atoms with Gasteiger partial charge in [-0.05, 0) is 64.9 Å². The van der Waals surface area contributed by atoms with Crippen molar-refractivity contribution in [1.82, 2.24) is 19.8 Å².